The zero-order valence-corrected chi connectivity index (χ0v) is 22.6. The molecule has 1 amide bonds. The number of aliphatic hydroxyl groups excluding tert-OH is 2. The van der Waals surface area contributed by atoms with Crippen LogP contribution < -0.4 is 5.32 Å². The molecule has 0 unspecified atom stereocenters. The number of amides is 1. The van der Waals surface area contributed by atoms with Gasteiger partial charge in [0.2, 0.25) is 11.9 Å². The molecular formula is C30H43N5O3. The van der Waals surface area contributed by atoms with Crippen molar-refractivity contribution < 1.29 is 15.0 Å². The highest BCUT2D eigenvalue weighted by molar-refractivity contribution is 5.89. The van der Waals surface area contributed by atoms with Crippen LogP contribution in [0.2, 0.25) is 0 Å². The molecule has 2 rings (SSSR count). The molecule has 0 radical (unpaired) electrons. The summed E-state index contributed by atoms with van der Waals surface area (Å²) >= 11 is 0. The molecule has 0 bridgehead atoms. The van der Waals surface area contributed by atoms with Crippen LogP contribution in [-0.2, 0) is 11.3 Å². The Kier molecular flexibility index (Phi) is 16.0. The molecule has 0 aliphatic heterocycles. The second-order valence-corrected chi connectivity index (χ2v) is 9.01. The minimum Gasteiger partial charge on any atom is -0.396 e. The third-order valence-corrected chi connectivity index (χ3v) is 5.84. The third-order valence-electron chi connectivity index (χ3n) is 5.84. The second kappa shape index (κ2) is 19.7. The molecule has 0 spiro atoms. The van der Waals surface area contributed by atoms with Gasteiger partial charge in [-0.3, -0.25) is 10.1 Å². The van der Waals surface area contributed by atoms with E-state index < -0.39 is 0 Å². The number of hydrogen-bond acceptors (Lipinski definition) is 6. The van der Waals surface area contributed by atoms with Crippen LogP contribution in [0.3, 0.4) is 0 Å². The first-order valence-electron chi connectivity index (χ1n) is 13.6. The number of aliphatic hydroxyl groups is 2. The standard InChI is InChI=1S/C30H43N5O3/c1-2-3-4-5-6-7-8-9-10-11-12-13-14-15-16-17-18-19-28(38)33-30-31-22-27-29(34-30)35(25-32-27)21-20-26(23-36)24-37/h3-4,6-7,9-10,12-13,15-16,22,25-26,36-37H,2,5,8,11,14,17-21,23-24H2,1H3,(H,31,33,34,38)/b4-3-,7-6-,10-9-,13-12-,16-15-. The number of aryl methyl sites for hydroxylation is 1. The Morgan fingerprint density at radius 2 is 1.53 bits per heavy atom. The number of aromatic nitrogens is 4. The van der Waals surface area contributed by atoms with Crippen LogP contribution in [0.5, 0.6) is 0 Å². The molecule has 0 atom stereocenters. The number of carbonyl (C=O) groups excluding carboxylic acids is 1. The molecule has 0 aromatic carbocycles. The number of allylic oxidation sites excluding steroid dienone is 10. The largest absolute Gasteiger partial charge is 0.396 e. The van der Waals surface area contributed by atoms with Gasteiger partial charge in [0.15, 0.2) is 5.65 Å². The molecule has 2 heterocycles. The lowest BCUT2D eigenvalue weighted by Crippen LogP contribution is -2.15. The molecule has 38 heavy (non-hydrogen) atoms. The summed E-state index contributed by atoms with van der Waals surface area (Å²) in [5.41, 5.74) is 1.25. The van der Waals surface area contributed by atoms with Crippen molar-refractivity contribution in [2.45, 2.75) is 71.3 Å². The number of fused-ring (bicyclic) bond motifs is 1. The van der Waals surface area contributed by atoms with Crippen LogP contribution >= 0.6 is 0 Å². The zero-order chi connectivity index (χ0) is 27.3. The Labute approximate surface area is 226 Å². The summed E-state index contributed by atoms with van der Waals surface area (Å²) in [6.07, 6.45) is 32.4. The van der Waals surface area contributed by atoms with Gasteiger partial charge in [-0.05, 0) is 51.4 Å². The number of anilines is 1. The van der Waals surface area contributed by atoms with Crippen molar-refractivity contribution >= 4 is 23.0 Å². The molecular weight excluding hydrogens is 478 g/mol. The van der Waals surface area contributed by atoms with Gasteiger partial charge in [-0.25, -0.2) is 9.97 Å². The Morgan fingerprint density at radius 1 is 0.921 bits per heavy atom. The first-order valence-corrected chi connectivity index (χ1v) is 13.6. The topological polar surface area (TPSA) is 113 Å². The Balaban J connectivity index is 1.61. The predicted molar refractivity (Wildman–Crippen MR) is 155 cm³/mol. The van der Waals surface area contributed by atoms with Crippen molar-refractivity contribution in [3.63, 3.8) is 0 Å². The van der Waals surface area contributed by atoms with Crippen molar-refractivity contribution in [2.24, 2.45) is 5.92 Å². The molecule has 0 aliphatic carbocycles. The summed E-state index contributed by atoms with van der Waals surface area (Å²) in [5, 5.41) is 21.3. The maximum atomic E-state index is 12.3. The number of nitrogens with zero attached hydrogens (tertiary/aromatic N) is 4. The highest BCUT2D eigenvalue weighted by atomic mass is 16.3. The van der Waals surface area contributed by atoms with E-state index in [0.717, 1.165) is 44.9 Å². The van der Waals surface area contributed by atoms with E-state index in [1.807, 2.05) is 4.57 Å². The van der Waals surface area contributed by atoms with Crippen LogP contribution in [-0.4, -0.2) is 48.9 Å². The lowest BCUT2D eigenvalue weighted by Gasteiger charge is -2.11. The van der Waals surface area contributed by atoms with Gasteiger partial charge in [0.05, 0.1) is 12.5 Å². The lowest BCUT2D eigenvalue weighted by atomic mass is 10.1. The van der Waals surface area contributed by atoms with Gasteiger partial charge in [-0.1, -0.05) is 67.7 Å². The molecule has 8 nitrogen and oxygen atoms in total. The zero-order valence-electron chi connectivity index (χ0n) is 22.6. The highest BCUT2D eigenvalue weighted by Crippen LogP contribution is 2.14. The van der Waals surface area contributed by atoms with E-state index in [-0.39, 0.29) is 31.0 Å². The fourth-order valence-corrected chi connectivity index (χ4v) is 3.58. The molecule has 206 valence electrons. The summed E-state index contributed by atoms with van der Waals surface area (Å²) in [6, 6.07) is 0. The molecule has 0 saturated heterocycles. The number of nitrogens with one attached hydrogen (secondary N) is 1. The van der Waals surface area contributed by atoms with Gasteiger partial charge in [-0.2, -0.15) is 4.98 Å². The van der Waals surface area contributed by atoms with Crippen molar-refractivity contribution in [3.05, 3.63) is 73.3 Å². The van der Waals surface area contributed by atoms with Crippen molar-refractivity contribution in [2.75, 3.05) is 18.5 Å². The van der Waals surface area contributed by atoms with Gasteiger partial charge in [0, 0.05) is 32.1 Å². The Hall–Kier alpha value is -3.36. The molecule has 3 N–H and O–H groups in total. The summed E-state index contributed by atoms with van der Waals surface area (Å²) in [5.74, 6) is -0.0557. The van der Waals surface area contributed by atoms with Crippen LogP contribution in [0.15, 0.2) is 73.3 Å². The average Bonchev–Trinajstić information content (AvgIpc) is 3.33. The lowest BCUT2D eigenvalue weighted by molar-refractivity contribution is -0.116. The first-order chi connectivity index (χ1) is 18.7. The molecule has 8 heteroatoms. The summed E-state index contributed by atoms with van der Waals surface area (Å²) in [4.78, 5) is 25.2. The number of imidazole rings is 1. The first kappa shape index (κ1) is 30.9. The van der Waals surface area contributed by atoms with Gasteiger partial charge in [-0.15, -0.1) is 0 Å². The van der Waals surface area contributed by atoms with Crippen LogP contribution in [0.1, 0.15) is 64.7 Å². The molecule has 0 fully saturated rings. The van der Waals surface area contributed by atoms with Crippen molar-refractivity contribution in [1.82, 2.24) is 19.5 Å². The average molecular weight is 522 g/mol. The number of carbonyl (C=O) groups is 1. The van der Waals surface area contributed by atoms with E-state index in [1.54, 1.807) is 12.5 Å². The van der Waals surface area contributed by atoms with Crippen molar-refractivity contribution in [1.29, 1.82) is 0 Å². The SMILES string of the molecule is CC/C=C\C/C=C\C/C=C\C/C=C\C/C=C\CCCC(=O)Nc1ncc2ncn(CCC(CO)CO)c2n1. The Morgan fingerprint density at radius 3 is 2.13 bits per heavy atom. The van der Waals surface area contributed by atoms with Crippen LogP contribution in [0.4, 0.5) is 5.95 Å². The quantitative estimate of drug-likeness (QED) is 0.162. The second-order valence-electron chi connectivity index (χ2n) is 9.01. The van der Waals surface area contributed by atoms with E-state index in [1.165, 1.54) is 0 Å². The molecule has 2 aromatic rings. The van der Waals surface area contributed by atoms with E-state index in [4.69, 9.17) is 0 Å². The van der Waals surface area contributed by atoms with Crippen molar-refractivity contribution in [3.8, 4) is 0 Å². The number of hydrogen-bond donors (Lipinski definition) is 3. The monoisotopic (exact) mass is 521 g/mol. The van der Waals surface area contributed by atoms with E-state index in [9.17, 15) is 15.0 Å². The molecule has 0 aliphatic rings. The number of rotatable bonds is 19. The minimum atomic E-state index is -0.184. The third kappa shape index (κ3) is 12.7. The van der Waals surface area contributed by atoms with Gasteiger partial charge in [0.1, 0.15) is 5.52 Å². The van der Waals surface area contributed by atoms with E-state index in [2.05, 4.69) is 88.0 Å². The molecule has 2 aromatic heterocycles. The minimum absolute atomic E-state index is 0.0704. The van der Waals surface area contributed by atoms with E-state index >= 15 is 0 Å². The summed E-state index contributed by atoms with van der Waals surface area (Å²) < 4.78 is 1.84. The normalized spacial score (nSPS) is 12.6. The van der Waals surface area contributed by atoms with E-state index in [0.29, 0.717) is 30.6 Å². The number of unbranched alkanes of at least 4 members (excludes halogenated alkanes) is 1. The van der Waals surface area contributed by atoms with Gasteiger partial charge < -0.3 is 14.8 Å². The van der Waals surface area contributed by atoms with Crippen LogP contribution in [0.25, 0.3) is 11.2 Å². The van der Waals surface area contributed by atoms with Crippen LogP contribution in [0, 0.1) is 5.92 Å². The van der Waals surface area contributed by atoms with Gasteiger partial charge in [0.25, 0.3) is 0 Å². The highest BCUT2D eigenvalue weighted by Gasteiger charge is 2.11. The summed E-state index contributed by atoms with van der Waals surface area (Å²) in [7, 11) is 0. The maximum absolute atomic E-state index is 12.3. The fraction of sp³-hybridized carbons (Fsp3) is 0.467. The predicted octanol–water partition coefficient (Wildman–Crippen LogP) is 5.68. The summed E-state index contributed by atoms with van der Waals surface area (Å²) in [6.45, 7) is 2.56. The molecule has 0 saturated carbocycles. The smallest absolute Gasteiger partial charge is 0.231 e. The maximum Gasteiger partial charge on any atom is 0.231 e. The Bertz CT molecular complexity index is 1080. The fourth-order valence-electron chi connectivity index (χ4n) is 3.58. The van der Waals surface area contributed by atoms with Gasteiger partial charge >= 0.3 is 0 Å².